The summed E-state index contributed by atoms with van der Waals surface area (Å²) in [5.41, 5.74) is 1.47. The van der Waals surface area contributed by atoms with E-state index < -0.39 is 0 Å². The van der Waals surface area contributed by atoms with Gasteiger partial charge in [0, 0.05) is 37.6 Å². The van der Waals surface area contributed by atoms with Crippen molar-refractivity contribution in [1.82, 2.24) is 10.2 Å². The van der Waals surface area contributed by atoms with E-state index in [2.05, 4.69) is 49.2 Å². The van der Waals surface area contributed by atoms with Gasteiger partial charge in [-0.2, -0.15) is 0 Å². The van der Waals surface area contributed by atoms with E-state index in [1.54, 1.807) is 0 Å². The Morgan fingerprint density at radius 3 is 2.71 bits per heavy atom. The van der Waals surface area contributed by atoms with Crippen molar-refractivity contribution in [2.45, 2.75) is 38.8 Å². The molecule has 0 amide bonds. The Bertz CT molecular complexity index is 502. The molecule has 1 unspecified atom stereocenters. The summed E-state index contributed by atoms with van der Waals surface area (Å²) in [5.74, 6) is 1.77. The molecule has 0 aliphatic carbocycles. The number of nitrogens with zero attached hydrogens (tertiary/aromatic N) is 1. The molecule has 1 aromatic rings. The summed E-state index contributed by atoms with van der Waals surface area (Å²) < 4.78 is 11.5. The smallest absolute Gasteiger partial charge is 0.161 e. The summed E-state index contributed by atoms with van der Waals surface area (Å²) in [7, 11) is 0. The van der Waals surface area contributed by atoms with Crippen LogP contribution in [-0.2, 0) is 0 Å². The molecule has 1 aromatic carbocycles. The quantitative estimate of drug-likeness (QED) is 0.908. The average molecular weight is 290 g/mol. The molecule has 0 bridgehead atoms. The van der Waals surface area contributed by atoms with Gasteiger partial charge < -0.3 is 14.8 Å². The topological polar surface area (TPSA) is 33.7 Å². The minimum absolute atomic E-state index is 0.168. The molecule has 116 valence electrons. The molecule has 0 radical (unpaired) electrons. The van der Waals surface area contributed by atoms with E-state index in [0.717, 1.165) is 50.8 Å². The van der Waals surface area contributed by atoms with Crippen molar-refractivity contribution in [3.63, 3.8) is 0 Å². The van der Waals surface area contributed by atoms with Crippen molar-refractivity contribution in [3.8, 4) is 11.5 Å². The van der Waals surface area contributed by atoms with E-state index in [9.17, 15) is 0 Å². The highest BCUT2D eigenvalue weighted by Crippen LogP contribution is 2.35. The van der Waals surface area contributed by atoms with Crippen molar-refractivity contribution in [1.29, 1.82) is 0 Å². The molecule has 2 heterocycles. The van der Waals surface area contributed by atoms with Crippen LogP contribution in [0.15, 0.2) is 18.2 Å². The van der Waals surface area contributed by atoms with Crippen LogP contribution in [0.3, 0.4) is 0 Å². The van der Waals surface area contributed by atoms with Crippen LogP contribution >= 0.6 is 0 Å². The summed E-state index contributed by atoms with van der Waals surface area (Å²) in [4.78, 5) is 2.57. The monoisotopic (exact) mass is 290 g/mol. The maximum Gasteiger partial charge on any atom is 0.161 e. The van der Waals surface area contributed by atoms with Gasteiger partial charge in [0.15, 0.2) is 11.5 Å². The second-order valence-corrected chi connectivity index (χ2v) is 6.62. The van der Waals surface area contributed by atoms with E-state index in [4.69, 9.17) is 9.47 Å². The molecular weight excluding hydrogens is 264 g/mol. The lowest BCUT2D eigenvalue weighted by molar-refractivity contribution is 0.0515. The van der Waals surface area contributed by atoms with Crippen molar-refractivity contribution >= 4 is 0 Å². The zero-order chi connectivity index (χ0) is 14.9. The number of hydrogen-bond donors (Lipinski definition) is 1. The van der Waals surface area contributed by atoms with Crippen LogP contribution in [0.1, 0.15) is 38.8 Å². The van der Waals surface area contributed by atoms with Gasteiger partial charge in [0.1, 0.15) is 0 Å². The predicted molar refractivity (Wildman–Crippen MR) is 84.1 cm³/mol. The van der Waals surface area contributed by atoms with Crippen molar-refractivity contribution < 1.29 is 9.47 Å². The molecule has 2 aliphatic rings. The van der Waals surface area contributed by atoms with Gasteiger partial charge in [0.25, 0.3) is 0 Å². The number of nitrogens with one attached hydrogen (secondary N) is 1. The first kappa shape index (κ1) is 14.7. The van der Waals surface area contributed by atoms with Crippen molar-refractivity contribution in [2.75, 3.05) is 32.8 Å². The van der Waals surface area contributed by atoms with E-state index in [-0.39, 0.29) is 5.54 Å². The molecule has 3 rings (SSSR count). The number of piperazine rings is 1. The molecule has 2 aliphatic heterocycles. The van der Waals surface area contributed by atoms with E-state index >= 15 is 0 Å². The standard InChI is InChI=1S/C17H26N2O2/c1-13(19-8-7-18-12-17(19,2)3)14-5-6-15-16(11-14)21-10-4-9-20-15/h5-6,11,13,18H,4,7-10,12H2,1-3H3. The lowest BCUT2D eigenvalue weighted by Gasteiger charge is -2.46. The number of ether oxygens (including phenoxy) is 2. The highest BCUT2D eigenvalue weighted by molar-refractivity contribution is 5.44. The van der Waals surface area contributed by atoms with Crippen LogP contribution < -0.4 is 14.8 Å². The fraction of sp³-hybridized carbons (Fsp3) is 0.647. The molecule has 0 spiro atoms. The van der Waals surface area contributed by atoms with Gasteiger partial charge in [-0.1, -0.05) is 6.07 Å². The fourth-order valence-corrected chi connectivity index (χ4v) is 3.34. The first-order chi connectivity index (χ1) is 10.1. The Labute approximate surface area is 127 Å². The van der Waals surface area contributed by atoms with Gasteiger partial charge >= 0.3 is 0 Å². The maximum atomic E-state index is 5.82. The third-order valence-corrected chi connectivity index (χ3v) is 4.59. The lowest BCUT2D eigenvalue weighted by Crippen LogP contribution is -2.58. The van der Waals surface area contributed by atoms with E-state index in [1.807, 2.05) is 0 Å². The normalized spacial score (nSPS) is 23.4. The van der Waals surface area contributed by atoms with Crippen molar-refractivity contribution in [2.24, 2.45) is 0 Å². The highest BCUT2D eigenvalue weighted by atomic mass is 16.5. The number of fused-ring (bicyclic) bond motifs is 1. The average Bonchev–Trinajstić information content (AvgIpc) is 2.70. The Hall–Kier alpha value is -1.26. The zero-order valence-electron chi connectivity index (χ0n) is 13.3. The molecule has 21 heavy (non-hydrogen) atoms. The summed E-state index contributed by atoms with van der Waals surface area (Å²) in [6, 6.07) is 6.76. The number of rotatable bonds is 2. The minimum atomic E-state index is 0.168. The zero-order valence-corrected chi connectivity index (χ0v) is 13.3. The Morgan fingerprint density at radius 1 is 1.19 bits per heavy atom. The van der Waals surface area contributed by atoms with Gasteiger partial charge in [-0.3, -0.25) is 4.90 Å². The molecule has 0 saturated carbocycles. The first-order valence-electron chi connectivity index (χ1n) is 7.95. The molecule has 4 heteroatoms. The number of hydrogen-bond acceptors (Lipinski definition) is 4. The predicted octanol–water partition coefficient (Wildman–Crippen LogP) is 2.59. The van der Waals surface area contributed by atoms with E-state index in [1.165, 1.54) is 5.56 Å². The Kier molecular flexibility index (Phi) is 4.09. The second-order valence-electron chi connectivity index (χ2n) is 6.62. The third-order valence-electron chi connectivity index (χ3n) is 4.59. The van der Waals surface area contributed by atoms with Gasteiger partial charge in [0.05, 0.1) is 13.2 Å². The SMILES string of the molecule is CC(c1ccc2c(c1)OCCCO2)N1CCNCC1(C)C. The summed E-state index contributed by atoms with van der Waals surface area (Å²) in [6.07, 6.45) is 0.949. The maximum absolute atomic E-state index is 5.82. The summed E-state index contributed by atoms with van der Waals surface area (Å²) in [6.45, 7) is 11.5. The largest absolute Gasteiger partial charge is 0.490 e. The molecule has 1 fully saturated rings. The lowest BCUT2D eigenvalue weighted by atomic mass is 9.95. The van der Waals surface area contributed by atoms with Crippen LogP contribution in [0, 0.1) is 0 Å². The van der Waals surface area contributed by atoms with Gasteiger partial charge in [-0.05, 0) is 38.5 Å². The fourth-order valence-electron chi connectivity index (χ4n) is 3.34. The Morgan fingerprint density at radius 2 is 1.95 bits per heavy atom. The molecule has 0 aromatic heterocycles. The Balaban J connectivity index is 1.84. The molecule has 4 nitrogen and oxygen atoms in total. The van der Waals surface area contributed by atoms with Crippen LogP contribution in [0.2, 0.25) is 0 Å². The van der Waals surface area contributed by atoms with Gasteiger partial charge in [0.2, 0.25) is 0 Å². The van der Waals surface area contributed by atoms with Gasteiger partial charge in [-0.25, -0.2) is 0 Å². The first-order valence-corrected chi connectivity index (χ1v) is 7.95. The van der Waals surface area contributed by atoms with Crippen LogP contribution in [0.4, 0.5) is 0 Å². The molecule has 1 N–H and O–H groups in total. The van der Waals surface area contributed by atoms with Crippen LogP contribution in [0.5, 0.6) is 11.5 Å². The third kappa shape index (κ3) is 3.01. The number of benzene rings is 1. The van der Waals surface area contributed by atoms with Gasteiger partial charge in [-0.15, -0.1) is 0 Å². The second kappa shape index (κ2) is 5.85. The highest BCUT2D eigenvalue weighted by Gasteiger charge is 2.33. The molecular formula is C17H26N2O2. The minimum Gasteiger partial charge on any atom is -0.490 e. The van der Waals surface area contributed by atoms with E-state index in [0.29, 0.717) is 6.04 Å². The summed E-state index contributed by atoms with van der Waals surface area (Å²) >= 11 is 0. The van der Waals surface area contributed by atoms with Crippen LogP contribution in [0.25, 0.3) is 0 Å². The van der Waals surface area contributed by atoms with Crippen molar-refractivity contribution in [3.05, 3.63) is 23.8 Å². The molecule has 1 saturated heterocycles. The van der Waals surface area contributed by atoms with Crippen LogP contribution in [-0.4, -0.2) is 43.3 Å². The molecule has 1 atom stereocenters. The summed E-state index contributed by atoms with van der Waals surface area (Å²) in [5, 5.41) is 3.48.